The summed E-state index contributed by atoms with van der Waals surface area (Å²) in [4.78, 5) is 11.2. The molecule has 0 amide bonds. The fourth-order valence-corrected chi connectivity index (χ4v) is 1.29. The number of rotatable bonds is 2. The van der Waals surface area contributed by atoms with Crippen LogP contribution in [0.4, 0.5) is 0 Å². The Morgan fingerprint density at radius 2 is 2.33 bits per heavy atom. The van der Waals surface area contributed by atoms with Crippen molar-refractivity contribution in [3.63, 3.8) is 0 Å². The van der Waals surface area contributed by atoms with E-state index in [9.17, 15) is 4.79 Å². The van der Waals surface area contributed by atoms with Gasteiger partial charge in [-0.15, -0.1) is 6.42 Å². The molecule has 0 aliphatic carbocycles. The highest BCUT2D eigenvalue weighted by atomic mass is 16.5. The molecule has 74 valence electrons. The zero-order chi connectivity index (χ0) is 10.7. The van der Waals surface area contributed by atoms with Gasteiger partial charge in [-0.05, 0) is 12.1 Å². The first kappa shape index (κ1) is 9.35. The summed E-state index contributed by atoms with van der Waals surface area (Å²) < 4.78 is 10.3. The SMILES string of the molecule is C#CCC(=O)Oc1cccc2ccoc12. The number of fused-ring (bicyclic) bond motifs is 1. The Balaban J connectivity index is 2.32. The van der Waals surface area contributed by atoms with E-state index in [0.717, 1.165) is 5.39 Å². The average Bonchev–Trinajstić information content (AvgIpc) is 2.67. The minimum atomic E-state index is -0.457. The molecule has 0 fully saturated rings. The maximum Gasteiger partial charge on any atom is 0.323 e. The van der Waals surface area contributed by atoms with E-state index in [-0.39, 0.29) is 6.42 Å². The van der Waals surface area contributed by atoms with Crippen LogP contribution in [0.25, 0.3) is 11.0 Å². The van der Waals surface area contributed by atoms with Gasteiger partial charge < -0.3 is 9.15 Å². The summed E-state index contributed by atoms with van der Waals surface area (Å²) >= 11 is 0. The molecule has 0 saturated heterocycles. The molecular weight excluding hydrogens is 192 g/mol. The van der Waals surface area contributed by atoms with Gasteiger partial charge in [-0.25, -0.2) is 0 Å². The highest BCUT2D eigenvalue weighted by Gasteiger charge is 2.08. The van der Waals surface area contributed by atoms with Crippen molar-refractivity contribution < 1.29 is 13.9 Å². The highest BCUT2D eigenvalue weighted by molar-refractivity contribution is 5.86. The van der Waals surface area contributed by atoms with Crippen LogP contribution in [-0.4, -0.2) is 5.97 Å². The molecule has 2 rings (SSSR count). The summed E-state index contributed by atoms with van der Waals surface area (Å²) in [6.07, 6.45) is 6.50. The third-order valence-electron chi connectivity index (χ3n) is 1.91. The molecule has 0 saturated carbocycles. The molecule has 0 aliphatic heterocycles. The number of carbonyl (C=O) groups is 1. The predicted molar refractivity (Wildman–Crippen MR) is 55.3 cm³/mol. The van der Waals surface area contributed by atoms with Crippen LogP contribution in [0.1, 0.15) is 6.42 Å². The molecule has 0 radical (unpaired) electrons. The van der Waals surface area contributed by atoms with Crippen molar-refractivity contribution in [1.29, 1.82) is 0 Å². The maximum atomic E-state index is 11.2. The Hall–Kier alpha value is -2.21. The zero-order valence-corrected chi connectivity index (χ0v) is 7.90. The van der Waals surface area contributed by atoms with E-state index in [1.165, 1.54) is 0 Å². The molecule has 0 spiro atoms. The molecule has 0 atom stereocenters. The lowest BCUT2D eigenvalue weighted by Gasteiger charge is -2.01. The number of ether oxygens (including phenoxy) is 1. The standard InChI is InChI=1S/C12H8O3/c1-2-4-11(13)15-10-6-3-5-9-7-8-14-12(9)10/h1,3,5-8H,4H2. The molecule has 0 N–H and O–H groups in total. The second-order valence-electron chi connectivity index (χ2n) is 2.95. The molecule has 1 aromatic heterocycles. The topological polar surface area (TPSA) is 39.4 Å². The first-order valence-corrected chi connectivity index (χ1v) is 4.41. The van der Waals surface area contributed by atoms with Gasteiger partial charge in [-0.1, -0.05) is 18.1 Å². The average molecular weight is 200 g/mol. The van der Waals surface area contributed by atoms with Crippen molar-refractivity contribution >= 4 is 16.9 Å². The van der Waals surface area contributed by atoms with Crippen LogP contribution >= 0.6 is 0 Å². The number of esters is 1. The minimum absolute atomic E-state index is 0.0445. The number of furan rings is 1. The van der Waals surface area contributed by atoms with Crippen molar-refractivity contribution in [2.24, 2.45) is 0 Å². The van der Waals surface area contributed by atoms with E-state index >= 15 is 0 Å². The predicted octanol–water partition coefficient (Wildman–Crippen LogP) is 2.36. The van der Waals surface area contributed by atoms with Crippen molar-refractivity contribution in [2.45, 2.75) is 6.42 Å². The number of para-hydroxylation sites is 1. The highest BCUT2D eigenvalue weighted by Crippen LogP contribution is 2.26. The van der Waals surface area contributed by atoms with E-state index < -0.39 is 5.97 Å². The Bertz CT molecular complexity index is 531. The van der Waals surface area contributed by atoms with Crippen LogP contribution in [0.3, 0.4) is 0 Å². The molecule has 3 heteroatoms. The van der Waals surface area contributed by atoms with Gasteiger partial charge in [0, 0.05) is 5.39 Å². The van der Waals surface area contributed by atoms with Gasteiger partial charge in [0.25, 0.3) is 0 Å². The van der Waals surface area contributed by atoms with E-state index in [2.05, 4.69) is 5.92 Å². The van der Waals surface area contributed by atoms with Gasteiger partial charge in [-0.2, -0.15) is 0 Å². The Morgan fingerprint density at radius 1 is 1.47 bits per heavy atom. The monoisotopic (exact) mass is 200 g/mol. The molecular formula is C12H8O3. The Morgan fingerprint density at radius 3 is 3.13 bits per heavy atom. The van der Waals surface area contributed by atoms with Crippen LogP contribution in [-0.2, 0) is 4.79 Å². The molecule has 1 aromatic carbocycles. The van der Waals surface area contributed by atoms with E-state index in [0.29, 0.717) is 11.3 Å². The third kappa shape index (κ3) is 1.84. The van der Waals surface area contributed by atoms with Crippen LogP contribution < -0.4 is 4.74 Å². The number of terminal acetylenes is 1. The van der Waals surface area contributed by atoms with Gasteiger partial charge in [0.05, 0.1) is 6.26 Å². The van der Waals surface area contributed by atoms with Crippen LogP contribution in [0.5, 0.6) is 5.75 Å². The van der Waals surface area contributed by atoms with Crippen molar-refractivity contribution in [3.05, 3.63) is 30.5 Å². The van der Waals surface area contributed by atoms with Crippen molar-refractivity contribution in [1.82, 2.24) is 0 Å². The van der Waals surface area contributed by atoms with Gasteiger partial charge in [0.2, 0.25) is 0 Å². The number of hydrogen-bond acceptors (Lipinski definition) is 3. The largest absolute Gasteiger partial charge is 0.460 e. The first-order valence-electron chi connectivity index (χ1n) is 4.41. The molecule has 0 unspecified atom stereocenters. The molecule has 2 aromatic rings. The smallest absolute Gasteiger partial charge is 0.323 e. The quantitative estimate of drug-likeness (QED) is 0.424. The second kappa shape index (κ2) is 3.89. The fourth-order valence-electron chi connectivity index (χ4n) is 1.29. The normalized spacial score (nSPS) is 9.80. The van der Waals surface area contributed by atoms with E-state index in [4.69, 9.17) is 15.6 Å². The zero-order valence-electron chi connectivity index (χ0n) is 7.90. The molecule has 15 heavy (non-hydrogen) atoms. The second-order valence-corrected chi connectivity index (χ2v) is 2.95. The summed E-state index contributed by atoms with van der Waals surface area (Å²) in [7, 11) is 0. The summed E-state index contributed by atoms with van der Waals surface area (Å²) in [5.74, 6) is 2.17. The number of hydrogen-bond donors (Lipinski definition) is 0. The molecule has 1 heterocycles. The van der Waals surface area contributed by atoms with Crippen molar-refractivity contribution in [3.8, 4) is 18.1 Å². The van der Waals surface area contributed by atoms with Crippen molar-refractivity contribution in [2.75, 3.05) is 0 Å². The van der Waals surface area contributed by atoms with Crippen LogP contribution in [0.2, 0.25) is 0 Å². The van der Waals surface area contributed by atoms with Gasteiger partial charge in [0.15, 0.2) is 11.3 Å². The Labute approximate surface area is 86.6 Å². The van der Waals surface area contributed by atoms with Crippen LogP contribution in [0, 0.1) is 12.3 Å². The lowest BCUT2D eigenvalue weighted by atomic mass is 10.2. The first-order chi connectivity index (χ1) is 7.31. The van der Waals surface area contributed by atoms with Crippen LogP contribution in [0.15, 0.2) is 34.9 Å². The summed E-state index contributed by atoms with van der Waals surface area (Å²) in [6.45, 7) is 0. The molecule has 0 aliphatic rings. The summed E-state index contributed by atoms with van der Waals surface area (Å²) in [5.41, 5.74) is 0.558. The summed E-state index contributed by atoms with van der Waals surface area (Å²) in [6, 6.07) is 7.13. The lowest BCUT2D eigenvalue weighted by Crippen LogP contribution is -2.06. The van der Waals surface area contributed by atoms with E-state index in [1.54, 1.807) is 24.5 Å². The lowest BCUT2D eigenvalue weighted by molar-refractivity contribution is -0.133. The third-order valence-corrected chi connectivity index (χ3v) is 1.91. The Kier molecular flexibility index (Phi) is 2.42. The van der Waals surface area contributed by atoms with Gasteiger partial charge in [0.1, 0.15) is 6.42 Å². The minimum Gasteiger partial charge on any atom is -0.460 e. The maximum absolute atomic E-state index is 11.2. The summed E-state index contributed by atoms with van der Waals surface area (Å²) in [5, 5.41) is 0.890. The molecule has 0 bridgehead atoms. The number of carbonyl (C=O) groups excluding carboxylic acids is 1. The van der Waals surface area contributed by atoms with Gasteiger partial charge >= 0.3 is 5.97 Å². The number of benzene rings is 1. The van der Waals surface area contributed by atoms with E-state index in [1.807, 2.05) is 6.07 Å². The fraction of sp³-hybridized carbons (Fsp3) is 0.0833. The van der Waals surface area contributed by atoms with Gasteiger partial charge in [-0.3, -0.25) is 4.79 Å². The molecule has 3 nitrogen and oxygen atoms in total.